The first-order valence-corrected chi connectivity index (χ1v) is 4.03. The predicted octanol–water partition coefficient (Wildman–Crippen LogP) is 1.99. The molecule has 0 aromatic rings. The van der Waals surface area contributed by atoms with Crippen LogP contribution in [0.5, 0.6) is 0 Å². The number of hydrogen-bond donors (Lipinski definition) is 1. The highest BCUT2D eigenvalue weighted by Crippen LogP contribution is 2.31. The summed E-state index contributed by atoms with van der Waals surface area (Å²) in [4.78, 5) is 0. The van der Waals surface area contributed by atoms with E-state index in [1.54, 1.807) is 0 Å². The number of rotatable bonds is 0. The van der Waals surface area contributed by atoms with Crippen molar-refractivity contribution in [2.45, 2.75) is 19.4 Å². The molecule has 0 radical (unpaired) electrons. The van der Waals surface area contributed by atoms with Gasteiger partial charge in [0.25, 0.3) is 0 Å². The molecule has 2 aliphatic rings. The molecule has 0 saturated carbocycles. The van der Waals surface area contributed by atoms with E-state index in [-0.39, 0.29) is 5.54 Å². The zero-order valence-corrected chi connectivity index (χ0v) is 6.96. The summed E-state index contributed by atoms with van der Waals surface area (Å²) in [6, 6.07) is 0. The molecular formula is C10H13N. The minimum absolute atomic E-state index is 0.152. The van der Waals surface area contributed by atoms with Gasteiger partial charge in [-0.1, -0.05) is 30.4 Å². The first kappa shape index (κ1) is 6.71. The van der Waals surface area contributed by atoms with Gasteiger partial charge in [-0.25, -0.2) is 0 Å². The van der Waals surface area contributed by atoms with Crippen LogP contribution in [0.3, 0.4) is 0 Å². The Morgan fingerprint density at radius 2 is 2.27 bits per heavy atom. The van der Waals surface area contributed by atoms with Crippen LogP contribution in [0.15, 0.2) is 36.1 Å². The maximum atomic E-state index is 3.46. The molecule has 0 spiro atoms. The average molecular weight is 147 g/mol. The summed E-state index contributed by atoms with van der Waals surface area (Å²) < 4.78 is 0. The Labute approximate surface area is 67.5 Å². The number of hydrogen-bond acceptors (Lipinski definition) is 1. The van der Waals surface area contributed by atoms with E-state index < -0.39 is 0 Å². The van der Waals surface area contributed by atoms with E-state index in [1.807, 2.05) is 0 Å². The van der Waals surface area contributed by atoms with Gasteiger partial charge in [-0.15, -0.1) is 0 Å². The van der Waals surface area contributed by atoms with Crippen LogP contribution in [0.25, 0.3) is 0 Å². The molecule has 1 aliphatic carbocycles. The second-order valence-corrected chi connectivity index (χ2v) is 3.53. The van der Waals surface area contributed by atoms with Gasteiger partial charge in [0.15, 0.2) is 0 Å². The summed E-state index contributed by atoms with van der Waals surface area (Å²) in [5, 5.41) is 3.46. The Balaban J connectivity index is 2.35. The summed E-state index contributed by atoms with van der Waals surface area (Å²) in [5.74, 6) is 0.549. The molecule has 1 heterocycles. The van der Waals surface area contributed by atoms with Gasteiger partial charge in [0.05, 0.1) is 5.54 Å². The molecule has 0 saturated heterocycles. The van der Waals surface area contributed by atoms with Gasteiger partial charge in [0, 0.05) is 11.6 Å². The van der Waals surface area contributed by atoms with E-state index in [2.05, 4.69) is 49.5 Å². The highest BCUT2D eigenvalue weighted by molar-refractivity contribution is 5.33. The van der Waals surface area contributed by atoms with E-state index in [0.717, 1.165) is 0 Å². The van der Waals surface area contributed by atoms with E-state index in [1.165, 1.54) is 5.70 Å². The van der Waals surface area contributed by atoms with Crippen LogP contribution in [0.1, 0.15) is 13.8 Å². The molecule has 0 aromatic heterocycles. The third-order valence-electron chi connectivity index (χ3n) is 2.46. The number of nitrogens with one attached hydrogen (secondary N) is 1. The van der Waals surface area contributed by atoms with Crippen molar-refractivity contribution in [2.75, 3.05) is 0 Å². The molecule has 58 valence electrons. The second-order valence-electron chi connectivity index (χ2n) is 3.53. The Kier molecular flexibility index (Phi) is 1.22. The summed E-state index contributed by atoms with van der Waals surface area (Å²) in [6.45, 7) is 4.34. The van der Waals surface area contributed by atoms with Crippen LogP contribution in [0.4, 0.5) is 0 Å². The monoisotopic (exact) mass is 147 g/mol. The smallest absolute Gasteiger partial charge is 0.0625 e. The van der Waals surface area contributed by atoms with Crippen LogP contribution in [-0.2, 0) is 0 Å². The van der Waals surface area contributed by atoms with Crippen molar-refractivity contribution in [2.24, 2.45) is 5.92 Å². The van der Waals surface area contributed by atoms with Crippen molar-refractivity contribution in [3.63, 3.8) is 0 Å². The van der Waals surface area contributed by atoms with Crippen LogP contribution in [0, 0.1) is 5.92 Å². The van der Waals surface area contributed by atoms with Gasteiger partial charge in [0.1, 0.15) is 0 Å². The van der Waals surface area contributed by atoms with Crippen molar-refractivity contribution in [1.82, 2.24) is 5.32 Å². The highest BCUT2D eigenvalue weighted by atomic mass is 15.0. The standard InChI is InChI=1S/C10H13N/c1-8-7-9-5-3-4-6-10(9,2)11-8/h3-7,9,11H,1-2H3. The Morgan fingerprint density at radius 3 is 3.00 bits per heavy atom. The molecule has 1 nitrogen and oxygen atoms in total. The van der Waals surface area contributed by atoms with E-state index in [0.29, 0.717) is 5.92 Å². The number of fused-ring (bicyclic) bond motifs is 1. The Hall–Kier alpha value is -0.980. The maximum absolute atomic E-state index is 3.46. The lowest BCUT2D eigenvalue weighted by Crippen LogP contribution is -2.40. The lowest BCUT2D eigenvalue weighted by molar-refractivity contribution is 0.452. The average Bonchev–Trinajstić information content (AvgIpc) is 2.22. The van der Waals surface area contributed by atoms with Gasteiger partial charge >= 0.3 is 0 Å². The SMILES string of the molecule is CC1=CC2C=CC=CC2(C)N1. The molecule has 11 heavy (non-hydrogen) atoms. The van der Waals surface area contributed by atoms with Crippen LogP contribution < -0.4 is 5.32 Å². The molecule has 1 aliphatic heterocycles. The van der Waals surface area contributed by atoms with Crippen molar-refractivity contribution in [1.29, 1.82) is 0 Å². The van der Waals surface area contributed by atoms with Crippen LogP contribution in [-0.4, -0.2) is 5.54 Å². The van der Waals surface area contributed by atoms with Crippen molar-refractivity contribution in [3.8, 4) is 0 Å². The second kappa shape index (κ2) is 2.00. The van der Waals surface area contributed by atoms with Gasteiger partial charge in [-0.05, 0) is 13.8 Å². The first-order chi connectivity index (χ1) is 5.21. The fourth-order valence-corrected chi connectivity index (χ4v) is 1.84. The van der Waals surface area contributed by atoms with Crippen molar-refractivity contribution in [3.05, 3.63) is 36.1 Å². The van der Waals surface area contributed by atoms with E-state index in [4.69, 9.17) is 0 Å². The molecule has 0 bridgehead atoms. The van der Waals surface area contributed by atoms with Crippen molar-refractivity contribution < 1.29 is 0 Å². The molecule has 0 aromatic carbocycles. The van der Waals surface area contributed by atoms with E-state index >= 15 is 0 Å². The van der Waals surface area contributed by atoms with Crippen LogP contribution >= 0.6 is 0 Å². The Bertz CT molecular complexity index is 260. The fourth-order valence-electron chi connectivity index (χ4n) is 1.84. The minimum Gasteiger partial charge on any atom is -0.379 e. The fraction of sp³-hybridized carbons (Fsp3) is 0.400. The van der Waals surface area contributed by atoms with Gasteiger partial charge < -0.3 is 5.32 Å². The zero-order chi connectivity index (χ0) is 7.90. The third kappa shape index (κ3) is 0.917. The van der Waals surface area contributed by atoms with Crippen LogP contribution in [0.2, 0.25) is 0 Å². The summed E-state index contributed by atoms with van der Waals surface area (Å²) in [5.41, 5.74) is 1.44. The molecule has 0 amide bonds. The molecule has 1 heteroatoms. The molecule has 2 unspecified atom stereocenters. The molecule has 0 fully saturated rings. The molecular weight excluding hydrogens is 134 g/mol. The lowest BCUT2D eigenvalue weighted by Gasteiger charge is -2.29. The molecule has 2 atom stereocenters. The number of allylic oxidation sites excluding steroid dienone is 3. The normalized spacial score (nSPS) is 39.8. The predicted molar refractivity (Wildman–Crippen MR) is 47.1 cm³/mol. The zero-order valence-electron chi connectivity index (χ0n) is 6.96. The maximum Gasteiger partial charge on any atom is 0.0625 e. The topological polar surface area (TPSA) is 12.0 Å². The summed E-state index contributed by atoms with van der Waals surface area (Å²) in [7, 11) is 0. The third-order valence-corrected chi connectivity index (χ3v) is 2.46. The highest BCUT2D eigenvalue weighted by Gasteiger charge is 2.34. The van der Waals surface area contributed by atoms with Gasteiger partial charge in [-0.2, -0.15) is 0 Å². The minimum atomic E-state index is 0.152. The van der Waals surface area contributed by atoms with Crippen molar-refractivity contribution >= 4 is 0 Å². The summed E-state index contributed by atoms with van der Waals surface area (Å²) in [6.07, 6.45) is 11.0. The van der Waals surface area contributed by atoms with Gasteiger partial charge in [-0.3, -0.25) is 0 Å². The Morgan fingerprint density at radius 1 is 1.45 bits per heavy atom. The first-order valence-electron chi connectivity index (χ1n) is 4.03. The quantitative estimate of drug-likeness (QED) is 0.552. The van der Waals surface area contributed by atoms with E-state index in [9.17, 15) is 0 Å². The molecule has 2 rings (SSSR count). The largest absolute Gasteiger partial charge is 0.379 e. The van der Waals surface area contributed by atoms with Gasteiger partial charge in [0.2, 0.25) is 0 Å². The molecule has 1 N–H and O–H groups in total. The lowest BCUT2D eigenvalue weighted by atomic mass is 9.85. The summed E-state index contributed by atoms with van der Waals surface area (Å²) >= 11 is 0.